The molecule has 0 aromatic heterocycles. The summed E-state index contributed by atoms with van der Waals surface area (Å²) in [5.41, 5.74) is -0.803. The van der Waals surface area contributed by atoms with Crippen LogP contribution in [-0.2, 0) is 9.84 Å². The van der Waals surface area contributed by atoms with Crippen molar-refractivity contribution in [2.45, 2.75) is 31.6 Å². The molecule has 1 rings (SSSR count). The van der Waals surface area contributed by atoms with Crippen LogP contribution in [0.5, 0.6) is 0 Å². The smallest absolute Gasteiger partial charge is 0.178 e. The van der Waals surface area contributed by atoms with Crippen molar-refractivity contribution < 1.29 is 21.6 Å². The highest BCUT2D eigenvalue weighted by atomic mass is 32.2. The summed E-state index contributed by atoms with van der Waals surface area (Å²) in [7, 11) is -4.03. The lowest BCUT2D eigenvalue weighted by Gasteiger charge is -2.16. The second-order valence-electron chi connectivity index (χ2n) is 4.24. The van der Waals surface area contributed by atoms with E-state index in [1.54, 1.807) is 0 Å². The van der Waals surface area contributed by atoms with Crippen LogP contribution in [0.2, 0.25) is 0 Å². The minimum atomic E-state index is -4.03. The number of halogens is 3. The molecule has 0 fully saturated rings. The molecule has 0 aliphatic carbocycles. The molecule has 0 atom stereocenters. The van der Waals surface area contributed by atoms with E-state index in [9.17, 15) is 21.6 Å². The van der Waals surface area contributed by atoms with Crippen LogP contribution in [0.15, 0.2) is 4.90 Å². The molecule has 0 bridgehead atoms. The Morgan fingerprint density at radius 1 is 1.00 bits per heavy atom. The van der Waals surface area contributed by atoms with Gasteiger partial charge in [-0.15, -0.1) is 0 Å². The van der Waals surface area contributed by atoms with Gasteiger partial charge in [-0.2, -0.15) is 0 Å². The molecule has 0 radical (unpaired) electrons. The maximum absolute atomic E-state index is 13.8. The minimum Gasteiger partial charge on any atom is -0.224 e. The van der Waals surface area contributed by atoms with Crippen molar-refractivity contribution in [3.8, 4) is 0 Å². The van der Waals surface area contributed by atoms with Crippen LogP contribution < -0.4 is 0 Å². The lowest BCUT2D eigenvalue weighted by Crippen LogP contribution is -2.13. The fraction of sp³-hybridized carbons (Fsp3) is 0.455. The highest BCUT2D eigenvalue weighted by Crippen LogP contribution is 2.32. The van der Waals surface area contributed by atoms with Gasteiger partial charge in [0.05, 0.1) is 0 Å². The Labute approximate surface area is 98.4 Å². The van der Waals surface area contributed by atoms with Gasteiger partial charge >= 0.3 is 0 Å². The Bertz CT molecular complexity index is 563. The molecular weight excluding hydrogens is 253 g/mol. The molecule has 96 valence electrons. The lowest BCUT2D eigenvalue weighted by molar-refractivity contribution is 0.452. The van der Waals surface area contributed by atoms with Gasteiger partial charge in [0.2, 0.25) is 0 Å². The molecule has 17 heavy (non-hydrogen) atoms. The molecule has 0 unspecified atom stereocenters. The zero-order valence-corrected chi connectivity index (χ0v) is 10.8. The molecule has 1 aromatic rings. The number of benzene rings is 1. The topological polar surface area (TPSA) is 34.1 Å². The summed E-state index contributed by atoms with van der Waals surface area (Å²) in [4.78, 5) is -0.881. The molecule has 0 aliphatic heterocycles. The normalized spacial score (nSPS) is 12.2. The van der Waals surface area contributed by atoms with E-state index in [-0.39, 0.29) is 5.56 Å². The van der Waals surface area contributed by atoms with Crippen LogP contribution in [0, 0.1) is 24.4 Å². The third kappa shape index (κ3) is 2.31. The van der Waals surface area contributed by atoms with E-state index in [0.29, 0.717) is 0 Å². The summed E-state index contributed by atoms with van der Waals surface area (Å²) >= 11 is 0. The molecule has 0 aliphatic rings. The van der Waals surface area contributed by atoms with Crippen molar-refractivity contribution in [2.75, 3.05) is 6.26 Å². The maximum Gasteiger partial charge on any atom is 0.178 e. The Morgan fingerprint density at radius 2 is 1.47 bits per heavy atom. The highest BCUT2D eigenvalue weighted by Gasteiger charge is 2.29. The molecule has 0 amide bonds. The standard InChI is InChI=1S/C11H13F3O2S/c1-5(2)7-8(12)6(3)9(13)10(14)11(7)17(4,15)16/h5H,1-4H3. The summed E-state index contributed by atoms with van der Waals surface area (Å²) in [6.07, 6.45) is 0.728. The van der Waals surface area contributed by atoms with Crippen molar-refractivity contribution in [3.05, 3.63) is 28.6 Å². The fourth-order valence-electron chi connectivity index (χ4n) is 1.66. The van der Waals surface area contributed by atoms with Gasteiger partial charge in [-0.05, 0) is 12.8 Å². The second-order valence-corrected chi connectivity index (χ2v) is 6.19. The average molecular weight is 266 g/mol. The van der Waals surface area contributed by atoms with Crippen LogP contribution in [-0.4, -0.2) is 14.7 Å². The van der Waals surface area contributed by atoms with Gasteiger partial charge in [0.15, 0.2) is 21.5 Å². The molecule has 0 spiro atoms. The number of hydrogen-bond acceptors (Lipinski definition) is 2. The van der Waals surface area contributed by atoms with E-state index >= 15 is 0 Å². The first-order valence-electron chi connectivity index (χ1n) is 4.96. The van der Waals surface area contributed by atoms with E-state index in [1.807, 2.05) is 0 Å². The molecule has 6 heteroatoms. The summed E-state index contributed by atoms with van der Waals surface area (Å²) in [6.45, 7) is 4.11. The summed E-state index contributed by atoms with van der Waals surface area (Å²) in [6, 6.07) is 0. The van der Waals surface area contributed by atoms with Gasteiger partial charge in [-0.25, -0.2) is 21.6 Å². The first-order chi connectivity index (χ1) is 7.59. The fourth-order valence-corrected chi connectivity index (χ4v) is 2.80. The molecule has 0 N–H and O–H groups in total. The Balaban J connectivity index is 3.93. The van der Waals surface area contributed by atoms with Crippen molar-refractivity contribution in [1.29, 1.82) is 0 Å². The average Bonchev–Trinajstić information content (AvgIpc) is 2.17. The zero-order valence-electron chi connectivity index (χ0n) is 9.94. The third-order valence-corrected chi connectivity index (χ3v) is 3.62. The molecule has 2 nitrogen and oxygen atoms in total. The van der Waals surface area contributed by atoms with E-state index in [0.717, 1.165) is 13.2 Å². The van der Waals surface area contributed by atoms with E-state index in [2.05, 4.69) is 0 Å². The van der Waals surface area contributed by atoms with Crippen molar-refractivity contribution >= 4 is 9.84 Å². The first-order valence-corrected chi connectivity index (χ1v) is 6.85. The van der Waals surface area contributed by atoms with E-state index < -0.39 is 43.7 Å². The van der Waals surface area contributed by atoms with E-state index in [1.165, 1.54) is 13.8 Å². The molecule has 1 aromatic carbocycles. The lowest BCUT2D eigenvalue weighted by atomic mass is 9.99. The minimum absolute atomic E-state index is 0.302. The van der Waals surface area contributed by atoms with Gasteiger partial charge in [0, 0.05) is 17.4 Å². The summed E-state index contributed by atoms with van der Waals surface area (Å²) in [5, 5.41) is 0. The third-order valence-electron chi connectivity index (χ3n) is 2.48. The predicted octanol–water partition coefficient (Wildman–Crippen LogP) is 2.94. The monoisotopic (exact) mass is 266 g/mol. The Kier molecular flexibility index (Phi) is 3.57. The van der Waals surface area contributed by atoms with E-state index in [4.69, 9.17) is 0 Å². The first kappa shape index (κ1) is 14.0. The van der Waals surface area contributed by atoms with Crippen molar-refractivity contribution in [2.24, 2.45) is 0 Å². The Morgan fingerprint density at radius 3 is 1.82 bits per heavy atom. The van der Waals surface area contributed by atoms with Gasteiger partial charge < -0.3 is 0 Å². The molecule has 0 heterocycles. The second kappa shape index (κ2) is 4.33. The molecule has 0 saturated carbocycles. The van der Waals surface area contributed by atoms with Crippen LogP contribution >= 0.6 is 0 Å². The van der Waals surface area contributed by atoms with Crippen LogP contribution in [0.1, 0.15) is 30.9 Å². The predicted molar refractivity (Wildman–Crippen MR) is 58.3 cm³/mol. The SMILES string of the molecule is Cc1c(F)c(F)c(S(C)(=O)=O)c(C(C)C)c1F. The molecule has 0 saturated heterocycles. The number of sulfone groups is 1. The van der Waals surface area contributed by atoms with Gasteiger partial charge in [0.1, 0.15) is 10.7 Å². The zero-order chi connectivity index (χ0) is 13.5. The van der Waals surface area contributed by atoms with Crippen LogP contribution in [0.3, 0.4) is 0 Å². The highest BCUT2D eigenvalue weighted by molar-refractivity contribution is 7.90. The Hall–Kier alpha value is -1.04. The van der Waals surface area contributed by atoms with Crippen molar-refractivity contribution in [3.63, 3.8) is 0 Å². The van der Waals surface area contributed by atoms with Gasteiger partial charge in [-0.3, -0.25) is 0 Å². The largest absolute Gasteiger partial charge is 0.224 e. The van der Waals surface area contributed by atoms with Crippen molar-refractivity contribution in [1.82, 2.24) is 0 Å². The quantitative estimate of drug-likeness (QED) is 0.771. The van der Waals surface area contributed by atoms with Gasteiger partial charge in [0.25, 0.3) is 0 Å². The van der Waals surface area contributed by atoms with Gasteiger partial charge in [-0.1, -0.05) is 13.8 Å². The number of hydrogen-bond donors (Lipinski definition) is 0. The van der Waals surface area contributed by atoms with Crippen LogP contribution in [0.4, 0.5) is 13.2 Å². The summed E-state index contributed by atoms with van der Waals surface area (Å²) in [5.74, 6) is -4.52. The summed E-state index contributed by atoms with van der Waals surface area (Å²) < 4.78 is 63.6. The maximum atomic E-state index is 13.8. The van der Waals surface area contributed by atoms with Crippen LogP contribution in [0.25, 0.3) is 0 Å². The number of rotatable bonds is 2. The molecular formula is C11H13F3O2S.